The van der Waals surface area contributed by atoms with Crippen molar-refractivity contribution in [2.45, 2.75) is 25.7 Å². The number of amides is 1. The Bertz CT molecular complexity index is 1090. The standard InChI is InChI=1S/C23H21ClN2O3/c1-14-21(22(25-29-14)18-4-2-3-5-19(18)24)23(27)26-10-8-17(13-26)15-6-7-20-16(12-15)9-11-28-20/h2-7,12,17H,8-11,13H2,1H3/t17-/m1/s1. The zero-order chi connectivity index (χ0) is 20.0. The summed E-state index contributed by atoms with van der Waals surface area (Å²) in [5.41, 5.74) is 4.27. The summed E-state index contributed by atoms with van der Waals surface area (Å²) in [7, 11) is 0. The number of carbonyl (C=O) groups excluding carboxylic acids is 1. The van der Waals surface area contributed by atoms with Crippen LogP contribution in [0.1, 0.15) is 39.6 Å². The minimum atomic E-state index is -0.0503. The van der Waals surface area contributed by atoms with E-state index in [-0.39, 0.29) is 5.91 Å². The molecule has 6 heteroatoms. The summed E-state index contributed by atoms with van der Waals surface area (Å²) in [6.07, 6.45) is 1.90. The van der Waals surface area contributed by atoms with Gasteiger partial charge in [-0.2, -0.15) is 0 Å². The highest BCUT2D eigenvalue weighted by atomic mass is 35.5. The van der Waals surface area contributed by atoms with Gasteiger partial charge in [-0.25, -0.2) is 0 Å². The van der Waals surface area contributed by atoms with E-state index in [4.69, 9.17) is 20.9 Å². The Morgan fingerprint density at radius 1 is 1.24 bits per heavy atom. The second-order valence-corrected chi connectivity index (χ2v) is 8.05. The number of fused-ring (bicyclic) bond motifs is 1. The Hall–Kier alpha value is -2.79. The Balaban J connectivity index is 1.40. The molecule has 0 unspecified atom stereocenters. The summed E-state index contributed by atoms with van der Waals surface area (Å²) in [6.45, 7) is 3.93. The largest absolute Gasteiger partial charge is 0.493 e. The highest BCUT2D eigenvalue weighted by Gasteiger charge is 2.33. The predicted molar refractivity (Wildman–Crippen MR) is 111 cm³/mol. The minimum absolute atomic E-state index is 0.0503. The van der Waals surface area contributed by atoms with Crippen molar-refractivity contribution >= 4 is 17.5 Å². The van der Waals surface area contributed by atoms with E-state index in [2.05, 4.69) is 23.4 Å². The SMILES string of the molecule is Cc1onc(-c2ccccc2Cl)c1C(=O)N1CC[C@@H](c2ccc3c(c2)CCO3)C1. The number of likely N-dealkylation sites (tertiary alicyclic amines) is 1. The van der Waals surface area contributed by atoms with Gasteiger partial charge in [0, 0.05) is 31.0 Å². The second kappa shape index (κ2) is 7.23. The van der Waals surface area contributed by atoms with Gasteiger partial charge in [-0.15, -0.1) is 0 Å². The van der Waals surface area contributed by atoms with Gasteiger partial charge in [-0.3, -0.25) is 4.79 Å². The molecule has 0 aliphatic carbocycles. The van der Waals surface area contributed by atoms with Crippen LogP contribution in [0.5, 0.6) is 5.75 Å². The maximum Gasteiger partial charge on any atom is 0.259 e. The van der Waals surface area contributed by atoms with Crippen LogP contribution in [-0.2, 0) is 6.42 Å². The van der Waals surface area contributed by atoms with Crippen molar-refractivity contribution in [3.05, 3.63) is 69.9 Å². The molecule has 1 fully saturated rings. The van der Waals surface area contributed by atoms with Crippen LogP contribution < -0.4 is 4.74 Å². The highest BCUT2D eigenvalue weighted by Crippen LogP contribution is 2.36. The number of halogens is 1. The van der Waals surface area contributed by atoms with Crippen LogP contribution in [0.3, 0.4) is 0 Å². The first kappa shape index (κ1) is 18.3. The van der Waals surface area contributed by atoms with Crippen molar-refractivity contribution in [1.82, 2.24) is 10.1 Å². The molecule has 2 aromatic carbocycles. The van der Waals surface area contributed by atoms with Gasteiger partial charge in [-0.05, 0) is 36.6 Å². The zero-order valence-electron chi connectivity index (χ0n) is 16.2. The van der Waals surface area contributed by atoms with Crippen molar-refractivity contribution in [2.75, 3.05) is 19.7 Å². The molecule has 0 bridgehead atoms. The second-order valence-electron chi connectivity index (χ2n) is 7.64. The topological polar surface area (TPSA) is 55.6 Å². The molecule has 0 N–H and O–H groups in total. The molecule has 0 spiro atoms. The molecule has 2 aliphatic rings. The van der Waals surface area contributed by atoms with E-state index < -0.39 is 0 Å². The Morgan fingerprint density at radius 3 is 2.97 bits per heavy atom. The van der Waals surface area contributed by atoms with Crippen LogP contribution in [0.4, 0.5) is 0 Å². The Labute approximate surface area is 174 Å². The molecule has 1 saturated heterocycles. The molecule has 1 aromatic heterocycles. The van der Waals surface area contributed by atoms with E-state index in [1.54, 1.807) is 13.0 Å². The molecule has 3 aromatic rings. The number of nitrogens with zero attached hydrogens (tertiary/aromatic N) is 2. The molecule has 2 aliphatic heterocycles. The minimum Gasteiger partial charge on any atom is -0.493 e. The molecule has 1 atom stereocenters. The van der Waals surface area contributed by atoms with Gasteiger partial charge in [0.1, 0.15) is 22.8 Å². The molecular weight excluding hydrogens is 388 g/mol. The fourth-order valence-corrected chi connectivity index (χ4v) is 4.52. The van der Waals surface area contributed by atoms with E-state index in [1.807, 2.05) is 23.1 Å². The van der Waals surface area contributed by atoms with Crippen molar-refractivity contribution < 1.29 is 14.1 Å². The summed E-state index contributed by atoms with van der Waals surface area (Å²) in [5.74, 6) is 1.78. The predicted octanol–water partition coefficient (Wildman–Crippen LogP) is 4.87. The monoisotopic (exact) mass is 408 g/mol. The molecule has 148 valence electrons. The number of rotatable bonds is 3. The normalized spacial score (nSPS) is 18.0. The van der Waals surface area contributed by atoms with Gasteiger partial charge >= 0.3 is 0 Å². The number of ether oxygens (including phenoxy) is 1. The summed E-state index contributed by atoms with van der Waals surface area (Å²) >= 11 is 6.34. The van der Waals surface area contributed by atoms with Gasteiger partial charge in [0.25, 0.3) is 5.91 Å². The average molecular weight is 409 g/mol. The first-order valence-corrected chi connectivity index (χ1v) is 10.3. The van der Waals surface area contributed by atoms with Crippen LogP contribution in [-0.4, -0.2) is 35.7 Å². The van der Waals surface area contributed by atoms with Gasteiger partial charge in [0.15, 0.2) is 0 Å². The lowest BCUT2D eigenvalue weighted by Gasteiger charge is -2.17. The number of carbonyl (C=O) groups is 1. The van der Waals surface area contributed by atoms with Crippen LogP contribution in [0.15, 0.2) is 47.0 Å². The quantitative estimate of drug-likeness (QED) is 0.620. The number of hydrogen-bond acceptors (Lipinski definition) is 4. The number of aryl methyl sites for hydroxylation is 1. The molecule has 29 heavy (non-hydrogen) atoms. The van der Waals surface area contributed by atoms with Crippen LogP contribution >= 0.6 is 11.6 Å². The third-order valence-electron chi connectivity index (χ3n) is 5.87. The molecule has 3 heterocycles. The Morgan fingerprint density at radius 2 is 2.10 bits per heavy atom. The molecule has 0 saturated carbocycles. The number of hydrogen-bond donors (Lipinski definition) is 0. The maximum atomic E-state index is 13.4. The van der Waals surface area contributed by atoms with Gasteiger partial charge < -0.3 is 14.2 Å². The molecule has 5 nitrogen and oxygen atoms in total. The summed E-state index contributed by atoms with van der Waals surface area (Å²) < 4.78 is 11.0. The third kappa shape index (κ3) is 3.19. The number of aromatic nitrogens is 1. The molecule has 1 amide bonds. The molecule has 0 radical (unpaired) electrons. The smallest absolute Gasteiger partial charge is 0.259 e. The fourth-order valence-electron chi connectivity index (χ4n) is 4.30. The van der Waals surface area contributed by atoms with E-state index in [9.17, 15) is 4.79 Å². The van der Waals surface area contributed by atoms with Crippen molar-refractivity contribution in [1.29, 1.82) is 0 Å². The fraction of sp³-hybridized carbons (Fsp3) is 0.304. The summed E-state index contributed by atoms with van der Waals surface area (Å²) in [5, 5.41) is 4.69. The van der Waals surface area contributed by atoms with E-state index in [0.717, 1.165) is 25.2 Å². The molecule has 5 rings (SSSR count). The first-order chi connectivity index (χ1) is 14.1. The van der Waals surface area contributed by atoms with E-state index in [0.29, 0.717) is 46.6 Å². The van der Waals surface area contributed by atoms with Crippen molar-refractivity contribution in [3.63, 3.8) is 0 Å². The van der Waals surface area contributed by atoms with Crippen LogP contribution in [0, 0.1) is 6.92 Å². The molecular formula is C23H21ClN2O3. The lowest BCUT2D eigenvalue weighted by Crippen LogP contribution is -2.29. The lowest BCUT2D eigenvalue weighted by atomic mass is 9.96. The summed E-state index contributed by atoms with van der Waals surface area (Å²) in [6, 6.07) is 13.8. The van der Waals surface area contributed by atoms with Crippen LogP contribution in [0.2, 0.25) is 5.02 Å². The third-order valence-corrected chi connectivity index (χ3v) is 6.20. The van der Waals surface area contributed by atoms with Crippen LogP contribution in [0.25, 0.3) is 11.3 Å². The van der Waals surface area contributed by atoms with E-state index in [1.165, 1.54) is 11.1 Å². The van der Waals surface area contributed by atoms with Gasteiger partial charge in [-0.1, -0.05) is 47.1 Å². The zero-order valence-corrected chi connectivity index (χ0v) is 16.9. The maximum absolute atomic E-state index is 13.4. The average Bonchev–Trinajstić information content (AvgIpc) is 3.47. The van der Waals surface area contributed by atoms with Crippen molar-refractivity contribution in [2.24, 2.45) is 0 Å². The highest BCUT2D eigenvalue weighted by molar-refractivity contribution is 6.33. The lowest BCUT2D eigenvalue weighted by molar-refractivity contribution is 0.0789. The first-order valence-electron chi connectivity index (χ1n) is 9.88. The van der Waals surface area contributed by atoms with E-state index >= 15 is 0 Å². The number of benzene rings is 2. The van der Waals surface area contributed by atoms with Crippen molar-refractivity contribution in [3.8, 4) is 17.0 Å². The van der Waals surface area contributed by atoms with Gasteiger partial charge in [0.2, 0.25) is 0 Å². The Kier molecular flexibility index (Phi) is 4.55. The van der Waals surface area contributed by atoms with Gasteiger partial charge in [0.05, 0.1) is 11.6 Å². The summed E-state index contributed by atoms with van der Waals surface area (Å²) in [4.78, 5) is 15.3.